The maximum absolute atomic E-state index is 12.8. The van der Waals surface area contributed by atoms with E-state index in [-0.39, 0.29) is 16.8 Å². The minimum Gasteiger partial charge on any atom is -0.354 e. The first-order chi connectivity index (χ1) is 9.15. The molecule has 0 fully saturated rings. The Morgan fingerprint density at radius 1 is 1.32 bits per heavy atom. The van der Waals surface area contributed by atoms with Gasteiger partial charge in [0, 0.05) is 11.9 Å². The summed E-state index contributed by atoms with van der Waals surface area (Å²) >= 11 is 0. The van der Waals surface area contributed by atoms with Crippen LogP contribution in [0.25, 0.3) is 0 Å². The third-order valence-corrected chi connectivity index (χ3v) is 2.48. The summed E-state index contributed by atoms with van der Waals surface area (Å²) in [6.45, 7) is 0. The van der Waals surface area contributed by atoms with E-state index in [2.05, 4.69) is 10.3 Å². The lowest BCUT2D eigenvalue weighted by molar-refractivity contribution is 0.112. The molecule has 0 saturated carbocycles. The number of hydrogen-bond acceptors (Lipinski definition) is 4. The van der Waals surface area contributed by atoms with Crippen molar-refractivity contribution in [1.82, 2.24) is 4.98 Å². The lowest BCUT2D eigenvalue weighted by Gasteiger charge is -2.09. The number of anilines is 2. The predicted octanol–water partition coefficient (Wildman–Crippen LogP) is 1.94. The number of carbonyl (C=O) groups excluding carboxylic acids is 1. The van der Waals surface area contributed by atoms with E-state index in [4.69, 9.17) is 5.26 Å². The van der Waals surface area contributed by atoms with Gasteiger partial charge in [-0.15, -0.1) is 0 Å². The highest BCUT2D eigenvalue weighted by Crippen LogP contribution is 2.21. The van der Waals surface area contributed by atoms with Crippen LogP contribution in [0.2, 0.25) is 0 Å². The molecule has 94 valence electrons. The monoisotopic (exact) mass is 257 g/mol. The normalized spacial score (nSPS) is 9.68. The lowest BCUT2D eigenvalue weighted by atomic mass is 10.1. The summed E-state index contributed by atoms with van der Waals surface area (Å²) in [5, 5.41) is 11.7. The molecule has 0 aliphatic heterocycles. The fourth-order valence-electron chi connectivity index (χ4n) is 1.56. The molecule has 19 heavy (non-hydrogen) atoms. The van der Waals surface area contributed by atoms with Crippen molar-refractivity contribution in [2.24, 2.45) is 0 Å². The molecule has 0 saturated heterocycles. The summed E-state index contributed by atoms with van der Waals surface area (Å²) in [5.41, 5.74) is -0.0911. The number of benzene rings is 1. The molecule has 6 heteroatoms. The quantitative estimate of drug-likeness (QED) is 0.823. The molecule has 1 aromatic carbocycles. The number of aromatic nitrogens is 1. The zero-order valence-corrected chi connectivity index (χ0v) is 9.61. The van der Waals surface area contributed by atoms with Gasteiger partial charge < -0.3 is 10.3 Å². The second-order valence-electron chi connectivity index (χ2n) is 3.68. The third kappa shape index (κ3) is 2.50. The second-order valence-corrected chi connectivity index (χ2v) is 3.68. The number of nitrogens with one attached hydrogen (secondary N) is 2. The number of nitriles is 1. The van der Waals surface area contributed by atoms with Crippen LogP contribution in [0.4, 0.5) is 15.8 Å². The second kappa shape index (κ2) is 5.14. The maximum atomic E-state index is 12.8. The Morgan fingerprint density at radius 2 is 2.00 bits per heavy atom. The molecule has 1 aromatic heterocycles. The van der Waals surface area contributed by atoms with Gasteiger partial charge >= 0.3 is 0 Å². The van der Waals surface area contributed by atoms with Crippen LogP contribution in [-0.2, 0) is 0 Å². The Balaban J connectivity index is 2.52. The van der Waals surface area contributed by atoms with Crippen molar-refractivity contribution in [3.8, 4) is 6.07 Å². The van der Waals surface area contributed by atoms with Gasteiger partial charge in [-0.2, -0.15) is 5.26 Å². The van der Waals surface area contributed by atoms with Gasteiger partial charge in [0.15, 0.2) is 6.29 Å². The van der Waals surface area contributed by atoms with Gasteiger partial charge in [0.2, 0.25) is 0 Å². The van der Waals surface area contributed by atoms with Crippen LogP contribution in [0.15, 0.2) is 35.3 Å². The molecule has 0 aliphatic carbocycles. The molecule has 0 radical (unpaired) electrons. The average Bonchev–Trinajstić information content (AvgIpc) is 2.42. The molecule has 0 amide bonds. The molecule has 0 spiro atoms. The summed E-state index contributed by atoms with van der Waals surface area (Å²) < 4.78 is 12.8. The van der Waals surface area contributed by atoms with Gasteiger partial charge in [0.25, 0.3) is 5.56 Å². The van der Waals surface area contributed by atoms with Crippen molar-refractivity contribution in [3.63, 3.8) is 0 Å². The largest absolute Gasteiger partial charge is 0.354 e. The van der Waals surface area contributed by atoms with Crippen molar-refractivity contribution in [2.45, 2.75) is 0 Å². The number of carbonyl (C=O) groups is 1. The Labute approximate surface area is 107 Å². The van der Waals surface area contributed by atoms with Crippen molar-refractivity contribution in [2.75, 3.05) is 5.32 Å². The SMILES string of the molecule is N#Cc1c(Nc2ccc(F)cc2)c(C=O)c[nH]c1=O. The van der Waals surface area contributed by atoms with Crippen molar-refractivity contribution >= 4 is 17.7 Å². The molecule has 1 heterocycles. The average molecular weight is 257 g/mol. The number of H-pyrrole nitrogens is 1. The number of aromatic amines is 1. The van der Waals surface area contributed by atoms with E-state index in [1.807, 2.05) is 0 Å². The summed E-state index contributed by atoms with van der Waals surface area (Å²) in [4.78, 5) is 24.7. The smallest absolute Gasteiger partial charge is 0.268 e. The molecule has 5 nitrogen and oxygen atoms in total. The van der Waals surface area contributed by atoms with E-state index in [0.717, 1.165) is 0 Å². The Morgan fingerprint density at radius 3 is 2.58 bits per heavy atom. The van der Waals surface area contributed by atoms with Gasteiger partial charge in [-0.1, -0.05) is 0 Å². The van der Waals surface area contributed by atoms with Gasteiger partial charge in [-0.3, -0.25) is 9.59 Å². The summed E-state index contributed by atoms with van der Waals surface area (Å²) in [7, 11) is 0. The fraction of sp³-hybridized carbons (Fsp3) is 0. The summed E-state index contributed by atoms with van der Waals surface area (Å²) in [6, 6.07) is 7.05. The minimum atomic E-state index is -0.599. The van der Waals surface area contributed by atoms with Crippen molar-refractivity contribution in [1.29, 1.82) is 5.26 Å². The van der Waals surface area contributed by atoms with Crippen LogP contribution in [0.1, 0.15) is 15.9 Å². The first kappa shape index (κ1) is 12.5. The van der Waals surface area contributed by atoms with Crippen LogP contribution in [0.3, 0.4) is 0 Å². The first-order valence-electron chi connectivity index (χ1n) is 5.29. The van der Waals surface area contributed by atoms with Crippen LogP contribution in [0.5, 0.6) is 0 Å². The predicted molar refractivity (Wildman–Crippen MR) is 66.8 cm³/mol. The van der Waals surface area contributed by atoms with Crippen LogP contribution in [-0.4, -0.2) is 11.3 Å². The molecule has 0 bridgehead atoms. The van der Waals surface area contributed by atoms with Crippen LogP contribution in [0, 0.1) is 17.1 Å². The van der Waals surface area contributed by atoms with E-state index >= 15 is 0 Å². The van der Waals surface area contributed by atoms with E-state index in [1.165, 1.54) is 30.5 Å². The van der Waals surface area contributed by atoms with E-state index in [9.17, 15) is 14.0 Å². The number of halogens is 1. The number of hydrogen-bond donors (Lipinski definition) is 2. The fourth-order valence-corrected chi connectivity index (χ4v) is 1.56. The zero-order valence-electron chi connectivity index (χ0n) is 9.61. The molecule has 2 rings (SSSR count). The minimum absolute atomic E-state index is 0.104. The zero-order chi connectivity index (χ0) is 13.8. The Kier molecular flexibility index (Phi) is 3.39. The van der Waals surface area contributed by atoms with Gasteiger partial charge in [-0.25, -0.2) is 4.39 Å². The van der Waals surface area contributed by atoms with E-state index in [1.54, 1.807) is 6.07 Å². The molecule has 0 aliphatic rings. The third-order valence-electron chi connectivity index (χ3n) is 2.48. The molecule has 0 atom stereocenters. The number of pyridine rings is 1. The highest BCUT2D eigenvalue weighted by molar-refractivity contribution is 5.87. The highest BCUT2D eigenvalue weighted by atomic mass is 19.1. The topological polar surface area (TPSA) is 85.8 Å². The van der Waals surface area contributed by atoms with Gasteiger partial charge in [0.1, 0.15) is 17.4 Å². The van der Waals surface area contributed by atoms with Crippen molar-refractivity contribution < 1.29 is 9.18 Å². The molecule has 2 N–H and O–H groups in total. The molecular weight excluding hydrogens is 249 g/mol. The number of rotatable bonds is 3. The maximum Gasteiger partial charge on any atom is 0.268 e. The number of aldehydes is 1. The molecular formula is C13H8FN3O2. The van der Waals surface area contributed by atoms with Crippen LogP contribution < -0.4 is 10.9 Å². The van der Waals surface area contributed by atoms with Gasteiger partial charge in [-0.05, 0) is 24.3 Å². The number of nitrogens with zero attached hydrogens (tertiary/aromatic N) is 1. The summed E-state index contributed by atoms with van der Waals surface area (Å²) in [6.07, 6.45) is 1.73. The Hall–Kier alpha value is -2.94. The lowest BCUT2D eigenvalue weighted by Crippen LogP contribution is -2.14. The van der Waals surface area contributed by atoms with E-state index < -0.39 is 11.4 Å². The highest BCUT2D eigenvalue weighted by Gasteiger charge is 2.12. The standard InChI is InChI=1S/C13H8FN3O2/c14-9-1-3-10(4-2-9)17-12-8(7-18)6-16-13(19)11(12)5-15/h1-4,6-7H,(H2,16,17,19). The van der Waals surface area contributed by atoms with Crippen molar-refractivity contribution in [3.05, 3.63) is 57.8 Å². The van der Waals surface area contributed by atoms with Gasteiger partial charge in [0.05, 0.1) is 11.3 Å². The summed E-state index contributed by atoms with van der Waals surface area (Å²) in [5.74, 6) is -0.410. The molecule has 0 unspecified atom stereocenters. The van der Waals surface area contributed by atoms with E-state index in [0.29, 0.717) is 12.0 Å². The first-order valence-corrected chi connectivity index (χ1v) is 5.29. The Bertz CT molecular complexity index is 714. The van der Waals surface area contributed by atoms with Crippen LogP contribution >= 0.6 is 0 Å². The molecule has 2 aromatic rings.